The molecule has 0 aliphatic rings. The minimum atomic E-state index is -1.25. The van der Waals surface area contributed by atoms with Gasteiger partial charge in [0.2, 0.25) is 0 Å². The maximum absolute atomic E-state index is 11.9. The second kappa shape index (κ2) is 4.92. The van der Waals surface area contributed by atoms with Gasteiger partial charge in [0.1, 0.15) is 0 Å². The van der Waals surface area contributed by atoms with Crippen molar-refractivity contribution in [2.24, 2.45) is 0 Å². The third-order valence-electron chi connectivity index (χ3n) is 2.53. The van der Waals surface area contributed by atoms with Crippen LogP contribution < -0.4 is 10.2 Å². The van der Waals surface area contributed by atoms with E-state index in [-0.39, 0.29) is 0 Å². The van der Waals surface area contributed by atoms with Gasteiger partial charge >= 0.3 is 0 Å². The van der Waals surface area contributed by atoms with E-state index in [1.54, 1.807) is 48.5 Å². The molecule has 0 fully saturated rings. The third kappa shape index (κ3) is 2.30. The van der Waals surface area contributed by atoms with Gasteiger partial charge in [-0.1, -0.05) is 71.8 Å². The van der Waals surface area contributed by atoms with E-state index >= 15 is 0 Å². The summed E-state index contributed by atoms with van der Waals surface area (Å²) in [7, 11) is 0. The van der Waals surface area contributed by atoms with E-state index in [0.29, 0.717) is 11.1 Å². The Hall–Kier alpha value is -1.64. The molecule has 2 aromatic carbocycles. The van der Waals surface area contributed by atoms with E-state index in [4.69, 9.17) is 0 Å². The minimum absolute atomic E-state index is 0.548. The quantitative estimate of drug-likeness (QED) is 0.767. The summed E-state index contributed by atoms with van der Waals surface area (Å²) in [6.07, 6.45) is -2.49. The summed E-state index contributed by atoms with van der Waals surface area (Å²) in [5.74, 6) is 0. The Bertz CT molecular complexity index is 382. The summed E-state index contributed by atoms with van der Waals surface area (Å²) in [6.45, 7) is 0. The topological polar surface area (TPSA) is 46.1 Å². The molecule has 2 heteroatoms. The lowest BCUT2D eigenvalue weighted by Gasteiger charge is -2.38. The van der Waals surface area contributed by atoms with Crippen molar-refractivity contribution in [3.63, 3.8) is 0 Å². The lowest BCUT2D eigenvalue weighted by atomic mass is 9.99. The Morgan fingerprint density at radius 3 is 1.19 bits per heavy atom. The summed E-state index contributed by atoms with van der Waals surface area (Å²) in [5, 5.41) is 23.8. The van der Waals surface area contributed by atoms with Gasteiger partial charge in [-0.05, 0) is 0 Å². The highest BCUT2D eigenvalue weighted by atomic mass is 16.3. The molecule has 2 aromatic rings. The Morgan fingerprint density at radius 1 is 0.562 bits per heavy atom. The second-order valence-electron chi connectivity index (χ2n) is 3.66. The Labute approximate surface area is 94.8 Å². The first-order valence-electron chi connectivity index (χ1n) is 5.20. The first kappa shape index (κ1) is 10.9. The Morgan fingerprint density at radius 2 is 0.875 bits per heavy atom. The molecule has 0 radical (unpaired) electrons. The summed E-state index contributed by atoms with van der Waals surface area (Å²) in [5.41, 5.74) is 1.10. The highest BCUT2D eigenvalue weighted by Crippen LogP contribution is 2.23. The fraction of sp³-hybridized carbons (Fsp3) is 0.143. The smallest absolute Gasteiger partial charge is 0.0602 e. The van der Waals surface area contributed by atoms with Crippen LogP contribution in [0.2, 0.25) is 0 Å². The second-order valence-corrected chi connectivity index (χ2v) is 3.66. The molecule has 2 unspecified atom stereocenters. The summed E-state index contributed by atoms with van der Waals surface area (Å²) >= 11 is 0. The van der Waals surface area contributed by atoms with Gasteiger partial charge in [0.15, 0.2) is 0 Å². The maximum Gasteiger partial charge on any atom is -0.0602 e. The molecule has 0 aromatic heterocycles. The molecule has 0 aliphatic carbocycles. The number of rotatable bonds is 3. The van der Waals surface area contributed by atoms with E-state index < -0.39 is 12.2 Å². The van der Waals surface area contributed by atoms with Crippen molar-refractivity contribution < 1.29 is 10.2 Å². The highest BCUT2D eigenvalue weighted by Gasteiger charge is 2.03. The molecule has 2 atom stereocenters. The molecular weight excluding hydrogens is 200 g/mol. The van der Waals surface area contributed by atoms with E-state index in [9.17, 15) is 10.2 Å². The van der Waals surface area contributed by atoms with Crippen LogP contribution in [0, 0.1) is 0 Å². The number of hydrogen-bond donors (Lipinski definition) is 0. The summed E-state index contributed by atoms with van der Waals surface area (Å²) in [6, 6.07) is 17.6. The number of benzene rings is 2. The largest absolute Gasteiger partial charge is 0.849 e. The fourth-order valence-corrected chi connectivity index (χ4v) is 1.64. The van der Waals surface area contributed by atoms with Crippen LogP contribution in [0.1, 0.15) is 23.3 Å². The van der Waals surface area contributed by atoms with Gasteiger partial charge in [0, 0.05) is 0 Å². The van der Waals surface area contributed by atoms with Crippen molar-refractivity contribution in [1.29, 1.82) is 0 Å². The lowest BCUT2D eigenvalue weighted by molar-refractivity contribution is -0.540. The predicted molar refractivity (Wildman–Crippen MR) is 58.4 cm³/mol. The van der Waals surface area contributed by atoms with Crippen molar-refractivity contribution >= 4 is 0 Å². The van der Waals surface area contributed by atoms with Crippen molar-refractivity contribution in [2.75, 3.05) is 0 Å². The maximum atomic E-state index is 11.9. The SMILES string of the molecule is [O-]C(c1ccccc1)C([O-])c1ccccc1. The van der Waals surface area contributed by atoms with Crippen LogP contribution in [0.15, 0.2) is 60.7 Å². The molecular formula is C14H12O2-2. The van der Waals surface area contributed by atoms with Gasteiger partial charge in [-0.3, -0.25) is 0 Å². The van der Waals surface area contributed by atoms with Crippen LogP contribution in [-0.2, 0) is 0 Å². The Kier molecular flexibility index (Phi) is 3.34. The average molecular weight is 212 g/mol. The summed E-state index contributed by atoms with van der Waals surface area (Å²) < 4.78 is 0. The molecule has 0 bridgehead atoms. The third-order valence-corrected chi connectivity index (χ3v) is 2.53. The van der Waals surface area contributed by atoms with Crippen LogP contribution in [0.4, 0.5) is 0 Å². The molecule has 0 heterocycles. The van der Waals surface area contributed by atoms with Gasteiger partial charge in [-0.15, -0.1) is 12.2 Å². The highest BCUT2D eigenvalue weighted by molar-refractivity contribution is 5.23. The monoisotopic (exact) mass is 212 g/mol. The fourth-order valence-electron chi connectivity index (χ4n) is 1.64. The van der Waals surface area contributed by atoms with Crippen molar-refractivity contribution in [1.82, 2.24) is 0 Å². The first-order chi connectivity index (χ1) is 7.79. The van der Waals surface area contributed by atoms with Crippen molar-refractivity contribution in [3.05, 3.63) is 71.8 Å². The standard InChI is InChI=1S/C14H12O2/c15-13(11-7-3-1-4-8-11)14(16)12-9-5-2-6-10-12/h1-10,13-14H/q-2. The molecule has 82 valence electrons. The van der Waals surface area contributed by atoms with Crippen molar-refractivity contribution in [3.8, 4) is 0 Å². The van der Waals surface area contributed by atoms with Gasteiger partial charge < -0.3 is 10.2 Å². The van der Waals surface area contributed by atoms with Crippen LogP contribution >= 0.6 is 0 Å². The van der Waals surface area contributed by atoms with Gasteiger partial charge in [-0.25, -0.2) is 0 Å². The molecule has 2 rings (SSSR count). The average Bonchev–Trinajstić information content (AvgIpc) is 2.39. The molecule has 0 aliphatic heterocycles. The van der Waals surface area contributed by atoms with Gasteiger partial charge in [0.25, 0.3) is 0 Å². The van der Waals surface area contributed by atoms with Crippen LogP contribution in [0.25, 0.3) is 0 Å². The van der Waals surface area contributed by atoms with E-state index in [0.717, 1.165) is 0 Å². The van der Waals surface area contributed by atoms with Crippen LogP contribution in [-0.4, -0.2) is 0 Å². The molecule has 16 heavy (non-hydrogen) atoms. The predicted octanol–water partition coefficient (Wildman–Crippen LogP) is 1.19. The molecule has 0 saturated carbocycles. The van der Waals surface area contributed by atoms with E-state index in [2.05, 4.69) is 0 Å². The normalized spacial score (nSPS) is 14.4. The van der Waals surface area contributed by atoms with Gasteiger partial charge in [0.05, 0.1) is 0 Å². The Balaban J connectivity index is 2.20. The number of hydrogen-bond acceptors (Lipinski definition) is 2. The molecule has 2 nitrogen and oxygen atoms in total. The van der Waals surface area contributed by atoms with Gasteiger partial charge in [-0.2, -0.15) is 0 Å². The molecule has 0 N–H and O–H groups in total. The molecule has 0 saturated heterocycles. The van der Waals surface area contributed by atoms with Crippen molar-refractivity contribution in [2.45, 2.75) is 12.2 Å². The minimum Gasteiger partial charge on any atom is -0.849 e. The van der Waals surface area contributed by atoms with Crippen LogP contribution in [0.5, 0.6) is 0 Å². The zero-order chi connectivity index (χ0) is 11.4. The lowest BCUT2D eigenvalue weighted by Crippen LogP contribution is -2.31. The summed E-state index contributed by atoms with van der Waals surface area (Å²) in [4.78, 5) is 0. The zero-order valence-corrected chi connectivity index (χ0v) is 8.74. The molecule has 0 spiro atoms. The van der Waals surface area contributed by atoms with E-state index in [1.807, 2.05) is 12.1 Å². The first-order valence-corrected chi connectivity index (χ1v) is 5.20. The molecule has 0 amide bonds. The zero-order valence-electron chi connectivity index (χ0n) is 8.74. The van der Waals surface area contributed by atoms with Crippen LogP contribution in [0.3, 0.4) is 0 Å². The van der Waals surface area contributed by atoms with E-state index in [1.165, 1.54) is 0 Å².